The zero-order chi connectivity index (χ0) is 22.3. The van der Waals surface area contributed by atoms with Gasteiger partial charge in [0.1, 0.15) is 30.1 Å². The molecule has 1 aliphatic rings. The molecule has 0 radical (unpaired) electrons. The fourth-order valence-corrected chi connectivity index (χ4v) is 3.92. The first-order valence-corrected chi connectivity index (χ1v) is 11.0. The number of nitrogens with zero attached hydrogens (tertiary/aromatic N) is 3. The standard InChI is InChI=1S/C24H29N7O/c1-16-3-5-19(6-4-16)32-12-11-27-24-21(15-25)20(18-7-9-26-10-8-18)14-22(29-24)28-23-13-17(2)30-31-23/h3-6,13-14,18,26H,7-12H2,1-2H3,(H3,27,28,29,30,31). The topological polar surface area (TPSA) is 111 Å². The average molecular weight is 432 g/mol. The molecule has 0 bridgehead atoms. The van der Waals surface area contributed by atoms with Gasteiger partial charge in [0.15, 0.2) is 5.82 Å². The van der Waals surface area contributed by atoms with Crippen LogP contribution in [0, 0.1) is 25.2 Å². The first kappa shape index (κ1) is 21.7. The van der Waals surface area contributed by atoms with Crippen LogP contribution in [0.4, 0.5) is 17.5 Å². The third-order valence-corrected chi connectivity index (χ3v) is 5.59. The number of benzene rings is 1. The minimum Gasteiger partial charge on any atom is -0.492 e. The summed E-state index contributed by atoms with van der Waals surface area (Å²) in [5.74, 6) is 3.09. The number of rotatable bonds is 8. The van der Waals surface area contributed by atoms with E-state index in [0.717, 1.165) is 42.9 Å². The van der Waals surface area contributed by atoms with E-state index < -0.39 is 0 Å². The second-order valence-corrected chi connectivity index (χ2v) is 8.11. The average Bonchev–Trinajstić information content (AvgIpc) is 3.22. The molecule has 1 aromatic carbocycles. The number of hydrogen-bond donors (Lipinski definition) is 4. The Balaban J connectivity index is 1.53. The summed E-state index contributed by atoms with van der Waals surface area (Å²) in [6, 6.07) is 14.3. The molecule has 1 saturated heterocycles. The lowest BCUT2D eigenvalue weighted by atomic mass is 9.87. The van der Waals surface area contributed by atoms with Crippen LogP contribution in [0.15, 0.2) is 36.4 Å². The summed E-state index contributed by atoms with van der Waals surface area (Å²) in [7, 11) is 0. The molecular weight excluding hydrogens is 402 g/mol. The predicted molar refractivity (Wildman–Crippen MR) is 126 cm³/mol. The molecule has 1 fully saturated rings. The Labute approximate surface area is 188 Å². The van der Waals surface area contributed by atoms with E-state index >= 15 is 0 Å². The van der Waals surface area contributed by atoms with Crippen molar-refractivity contribution in [2.45, 2.75) is 32.6 Å². The third-order valence-electron chi connectivity index (χ3n) is 5.59. The number of pyridine rings is 1. The molecule has 8 heteroatoms. The highest BCUT2D eigenvalue weighted by atomic mass is 16.5. The van der Waals surface area contributed by atoms with Crippen molar-refractivity contribution in [3.8, 4) is 11.8 Å². The lowest BCUT2D eigenvalue weighted by molar-refractivity contribution is 0.332. The van der Waals surface area contributed by atoms with Crippen LogP contribution in [0.3, 0.4) is 0 Å². The summed E-state index contributed by atoms with van der Waals surface area (Å²) in [4.78, 5) is 4.69. The highest BCUT2D eigenvalue weighted by Gasteiger charge is 2.22. The Morgan fingerprint density at radius 2 is 1.91 bits per heavy atom. The molecule has 4 N–H and O–H groups in total. The van der Waals surface area contributed by atoms with Gasteiger partial charge >= 0.3 is 0 Å². The molecule has 1 aliphatic heterocycles. The van der Waals surface area contributed by atoms with E-state index in [-0.39, 0.29) is 0 Å². The van der Waals surface area contributed by atoms with E-state index in [1.165, 1.54) is 5.56 Å². The van der Waals surface area contributed by atoms with E-state index in [1.807, 2.05) is 50.2 Å². The molecule has 0 atom stereocenters. The monoisotopic (exact) mass is 431 g/mol. The lowest BCUT2D eigenvalue weighted by Crippen LogP contribution is -2.27. The summed E-state index contributed by atoms with van der Waals surface area (Å²) in [6.07, 6.45) is 1.99. The van der Waals surface area contributed by atoms with Gasteiger partial charge < -0.3 is 20.7 Å². The second-order valence-electron chi connectivity index (χ2n) is 8.11. The normalized spacial score (nSPS) is 14.0. The van der Waals surface area contributed by atoms with Crippen LogP contribution in [-0.2, 0) is 0 Å². The second kappa shape index (κ2) is 10.2. The van der Waals surface area contributed by atoms with Crippen molar-refractivity contribution in [1.82, 2.24) is 20.5 Å². The van der Waals surface area contributed by atoms with Gasteiger partial charge in [0.2, 0.25) is 0 Å². The largest absolute Gasteiger partial charge is 0.492 e. The van der Waals surface area contributed by atoms with Gasteiger partial charge in [0.05, 0.1) is 12.1 Å². The Hall–Kier alpha value is -3.57. The Kier molecular flexibility index (Phi) is 6.87. The van der Waals surface area contributed by atoms with Gasteiger partial charge in [-0.15, -0.1) is 0 Å². The smallest absolute Gasteiger partial charge is 0.153 e. The summed E-state index contributed by atoms with van der Waals surface area (Å²) in [5.41, 5.74) is 3.79. The lowest BCUT2D eigenvalue weighted by Gasteiger charge is -2.25. The minimum atomic E-state index is 0.319. The maximum atomic E-state index is 9.96. The Bertz CT molecular complexity index is 1080. The molecule has 0 aliphatic carbocycles. The molecule has 3 aromatic rings. The van der Waals surface area contributed by atoms with Gasteiger partial charge in [-0.2, -0.15) is 10.4 Å². The summed E-state index contributed by atoms with van der Waals surface area (Å²) < 4.78 is 5.82. The minimum absolute atomic E-state index is 0.319. The highest BCUT2D eigenvalue weighted by molar-refractivity contribution is 5.64. The van der Waals surface area contributed by atoms with Crippen LogP contribution >= 0.6 is 0 Å². The van der Waals surface area contributed by atoms with Crippen molar-refractivity contribution in [3.05, 3.63) is 58.8 Å². The fourth-order valence-electron chi connectivity index (χ4n) is 3.92. The number of H-pyrrole nitrogens is 1. The maximum Gasteiger partial charge on any atom is 0.153 e. The summed E-state index contributed by atoms with van der Waals surface area (Å²) in [6.45, 7) is 6.90. The molecule has 2 aromatic heterocycles. The molecule has 166 valence electrons. The number of nitriles is 1. The van der Waals surface area contributed by atoms with Crippen molar-refractivity contribution in [2.75, 3.05) is 36.9 Å². The van der Waals surface area contributed by atoms with Crippen LogP contribution in [0.2, 0.25) is 0 Å². The van der Waals surface area contributed by atoms with Crippen LogP contribution in [0.5, 0.6) is 5.75 Å². The molecule has 32 heavy (non-hydrogen) atoms. The summed E-state index contributed by atoms with van der Waals surface area (Å²) in [5, 5.41) is 27.1. The third kappa shape index (κ3) is 5.37. The van der Waals surface area contributed by atoms with Crippen LogP contribution in [0.1, 0.15) is 41.1 Å². The van der Waals surface area contributed by atoms with Crippen LogP contribution in [-0.4, -0.2) is 41.4 Å². The number of aromatic nitrogens is 3. The first-order chi connectivity index (χ1) is 15.6. The van der Waals surface area contributed by atoms with Crippen LogP contribution < -0.4 is 20.7 Å². The first-order valence-electron chi connectivity index (χ1n) is 11.0. The number of nitrogens with one attached hydrogen (secondary N) is 4. The number of ether oxygens (including phenoxy) is 1. The molecule has 0 saturated carbocycles. The van der Waals surface area contributed by atoms with Gasteiger partial charge in [0, 0.05) is 11.8 Å². The molecule has 0 amide bonds. The van der Waals surface area contributed by atoms with Gasteiger partial charge in [-0.25, -0.2) is 4.98 Å². The van der Waals surface area contributed by atoms with Crippen molar-refractivity contribution in [3.63, 3.8) is 0 Å². The number of hydrogen-bond acceptors (Lipinski definition) is 7. The quantitative estimate of drug-likeness (QED) is 0.399. The fraction of sp³-hybridized carbons (Fsp3) is 0.375. The van der Waals surface area contributed by atoms with Gasteiger partial charge in [0.25, 0.3) is 0 Å². The van der Waals surface area contributed by atoms with Crippen molar-refractivity contribution in [1.29, 1.82) is 5.26 Å². The van der Waals surface area contributed by atoms with E-state index in [2.05, 4.69) is 37.2 Å². The maximum absolute atomic E-state index is 9.96. The zero-order valence-corrected chi connectivity index (χ0v) is 18.5. The van der Waals surface area contributed by atoms with Gasteiger partial charge in [-0.3, -0.25) is 5.10 Å². The van der Waals surface area contributed by atoms with E-state index in [1.54, 1.807) is 0 Å². The number of piperidine rings is 1. The van der Waals surface area contributed by atoms with E-state index in [4.69, 9.17) is 4.74 Å². The van der Waals surface area contributed by atoms with Crippen molar-refractivity contribution >= 4 is 17.5 Å². The molecular formula is C24H29N7O. The number of aryl methyl sites for hydroxylation is 2. The number of anilines is 3. The van der Waals surface area contributed by atoms with Crippen molar-refractivity contribution < 1.29 is 4.74 Å². The van der Waals surface area contributed by atoms with E-state index in [0.29, 0.717) is 42.1 Å². The van der Waals surface area contributed by atoms with Crippen molar-refractivity contribution in [2.24, 2.45) is 0 Å². The molecule has 3 heterocycles. The van der Waals surface area contributed by atoms with E-state index in [9.17, 15) is 5.26 Å². The molecule has 0 spiro atoms. The Morgan fingerprint density at radius 3 is 2.59 bits per heavy atom. The molecule has 0 unspecified atom stereocenters. The molecule has 4 rings (SSSR count). The zero-order valence-electron chi connectivity index (χ0n) is 18.5. The molecule has 8 nitrogen and oxygen atoms in total. The highest BCUT2D eigenvalue weighted by Crippen LogP contribution is 2.33. The predicted octanol–water partition coefficient (Wildman–Crippen LogP) is 3.99. The number of aromatic amines is 1. The Morgan fingerprint density at radius 1 is 1.12 bits per heavy atom. The van der Waals surface area contributed by atoms with Gasteiger partial charge in [-0.1, -0.05) is 17.7 Å². The van der Waals surface area contributed by atoms with Crippen LogP contribution in [0.25, 0.3) is 0 Å². The summed E-state index contributed by atoms with van der Waals surface area (Å²) >= 11 is 0. The van der Waals surface area contributed by atoms with Gasteiger partial charge in [-0.05, 0) is 69.5 Å². The SMILES string of the molecule is Cc1ccc(OCCNc2nc(Nc3cc(C)[nH]n3)cc(C3CCNCC3)c2C#N)cc1.